The van der Waals surface area contributed by atoms with E-state index in [2.05, 4.69) is 310 Å². The van der Waals surface area contributed by atoms with E-state index in [1.807, 2.05) is 0 Å². The lowest BCUT2D eigenvalue weighted by Gasteiger charge is -2.31. The molecule has 0 unspecified atom stereocenters. The van der Waals surface area contributed by atoms with Crippen molar-refractivity contribution in [3.8, 4) is 111 Å². The Morgan fingerprint density at radius 3 is 0.585 bits per heavy atom. The Hall–Kier alpha value is -9.62. The fraction of sp³-hybridized carbons (Fsp3) is 0.213. The predicted molar refractivity (Wildman–Crippen MR) is 401 cm³/mol. The van der Waals surface area contributed by atoms with Crippen LogP contribution in [0.2, 0.25) is 0 Å². The minimum atomic E-state index is -0.0990. The Morgan fingerprint density at radius 2 is 0.340 bits per heavy atom. The van der Waals surface area contributed by atoms with Gasteiger partial charge in [-0.25, -0.2) is 0 Å². The van der Waals surface area contributed by atoms with E-state index in [1.54, 1.807) is 0 Å². The van der Waals surface area contributed by atoms with E-state index in [9.17, 15) is 0 Å². The second kappa shape index (κ2) is 22.0. The van der Waals surface area contributed by atoms with Gasteiger partial charge >= 0.3 is 0 Å². The van der Waals surface area contributed by atoms with E-state index in [0.29, 0.717) is 0 Å². The second-order valence-corrected chi connectivity index (χ2v) is 27.9. The molecule has 0 aromatic heterocycles. The van der Waals surface area contributed by atoms with Crippen LogP contribution in [0.5, 0.6) is 0 Å². The van der Waals surface area contributed by atoms with Crippen molar-refractivity contribution in [3.63, 3.8) is 0 Å². The maximum Gasteiger partial charge on any atom is 0.0210 e. The van der Waals surface area contributed by atoms with Crippen LogP contribution in [0.1, 0.15) is 151 Å². The molecule has 0 saturated carbocycles. The second-order valence-electron chi connectivity index (χ2n) is 27.9. The SMILES string of the molecule is CCC1(CC)c2cc(-c3ccccc3)ccc2-c2ccc(-c3ccc4c(c3)C(CC)(CC)c3cc(-c5ccc6c(c5)C(CC)(CC)c5cc(-c7ccc8c(c7)C(CC)(CC)c7cc(-c9ccc%10cc(-c%11ccc%12ccccc%12c%11)ccc%10c9)ccc7-8)ccc5-6)ccc3-4)cc21. The third-order valence-corrected chi connectivity index (χ3v) is 24.6. The van der Waals surface area contributed by atoms with Crippen LogP contribution >= 0.6 is 0 Å². The van der Waals surface area contributed by atoms with Crippen molar-refractivity contribution in [1.82, 2.24) is 0 Å². The molecule has 458 valence electrons. The van der Waals surface area contributed by atoms with E-state index in [1.165, 1.54) is 177 Å². The highest BCUT2D eigenvalue weighted by molar-refractivity contribution is 5.96. The first-order valence-corrected chi connectivity index (χ1v) is 35.3. The van der Waals surface area contributed by atoms with Crippen LogP contribution in [0.15, 0.2) is 255 Å². The molecule has 94 heavy (non-hydrogen) atoms. The molecule has 0 saturated heterocycles. The summed E-state index contributed by atoms with van der Waals surface area (Å²) in [5.41, 5.74) is 38.2. The summed E-state index contributed by atoms with van der Waals surface area (Å²) in [5.74, 6) is 0. The van der Waals surface area contributed by atoms with Gasteiger partial charge in [-0.3, -0.25) is 0 Å². The smallest absolute Gasteiger partial charge is 0.0210 e. The van der Waals surface area contributed by atoms with Gasteiger partial charge in [0.05, 0.1) is 0 Å². The minimum absolute atomic E-state index is 0.0304. The summed E-state index contributed by atoms with van der Waals surface area (Å²) in [4.78, 5) is 0. The van der Waals surface area contributed by atoms with Gasteiger partial charge in [0.1, 0.15) is 0 Å². The summed E-state index contributed by atoms with van der Waals surface area (Å²) in [6.07, 6.45) is 8.38. The van der Waals surface area contributed by atoms with Crippen molar-refractivity contribution in [3.05, 3.63) is 299 Å². The molecule has 0 atom stereocenters. The van der Waals surface area contributed by atoms with E-state index in [0.717, 1.165) is 51.4 Å². The zero-order valence-corrected chi connectivity index (χ0v) is 55.9. The Kier molecular flexibility index (Phi) is 13.6. The van der Waals surface area contributed by atoms with Crippen LogP contribution in [0, 0.1) is 0 Å². The summed E-state index contributed by atoms with van der Waals surface area (Å²) in [5, 5.41) is 5.08. The molecule has 0 amide bonds. The first-order chi connectivity index (χ1) is 46.1. The molecule has 13 aromatic rings. The maximum absolute atomic E-state index is 2.59. The summed E-state index contributed by atoms with van der Waals surface area (Å²) in [6.45, 7) is 19.3. The molecule has 17 rings (SSSR count). The zero-order valence-electron chi connectivity index (χ0n) is 55.9. The van der Waals surface area contributed by atoms with Gasteiger partial charge in [0.2, 0.25) is 0 Å². The van der Waals surface area contributed by atoms with Crippen LogP contribution in [-0.2, 0) is 21.7 Å². The minimum Gasteiger partial charge on any atom is -0.0642 e. The van der Waals surface area contributed by atoms with Gasteiger partial charge in [0.15, 0.2) is 0 Å². The first kappa shape index (κ1) is 58.2. The van der Waals surface area contributed by atoms with Gasteiger partial charge in [0, 0.05) is 21.7 Å². The van der Waals surface area contributed by atoms with E-state index in [4.69, 9.17) is 0 Å². The molecule has 0 spiro atoms. The Labute approximate surface area is 557 Å². The first-order valence-electron chi connectivity index (χ1n) is 35.3. The Bertz CT molecular complexity index is 5240. The van der Waals surface area contributed by atoms with Crippen molar-refractivity contribution in [2.45, 2.75) is 128 Å². The van der Waals surface area contributed by atoms with Crippen LogP contribution in [-0.4, -0.2) is 0 Å². The van der Waals surface area contributed by atoms with Crippen LogP contribution in [0.3, 0.4) is 0 Å². The molecule has 0 nitrogen and oxygen atoms in total. The lowest BCUT2D eigenvalue weighted by molar-refractivity contribution is 0.490. The molecule has 4 aliphatic rings. The third-order valence-electron chi connectivity index (χ3n) is 24.6. The molecule has 4 aliphatic carbocycles. The fourth-order valence-electron chi connectivity index (χ4n) is 19.1. The van der Waals surface area contributed by atoms with Crippen molar-refractivity contribution in [2.75, 3.05) is 0 Å². The number of benzene rings is 13. The highest BCUT2D eigenvalue weighted by Crippen LogP contribution is 2.60. The van der Waals surface area contributed by atoms with Crippen molar-refractivity contribution in [1.29, 1.82) is 0 Å². The van der Waals surface area contributed by atoms with Gasteiger partial charge in [-0.1, -0.05) is 243 Å². The normalized spacial score (nSPS) is 15.1. The van der Waals surface area contributed by atoms with Crippen LogP contribution < -0.4 is 0 Å². The summed E-state index contributed by atoms with van der Waals surface area (Å²) >= 11 is 0. The molecule has 0 radical (unpaired) electrons. The Morgan fingerprint density at radius 1 is 0.160 bits per heavy atom. The van der Waals surface area contributed by atoms with Crippen molar-refractivity contribution in [2.24, 2.45) is 0 Å². The molecule has 0 bridgehead atoms. The largest absolute Gasteiger partial charge is 0.0642 e. The lowest BCUT2D eigenvalue weighted by atomic mass is 9.72. The van der Waals surface area contributed by atoms with Crippen LogP contribution in [0.4, 0.5) is 0 Å². The van der Waals surface area contributed by atoms with Gasteiger partial charge in [-0.2, -0.15) is 0 Å². The monoisotopic (exact) mass is 1210 g/mol. The average molecular weight is 1210 g/mol. The van der Waals surface area contributed by atoms with Gasteiger partial charge in [-0.15, -0.1) is 0 Å². The standard InChI is InChI=1S/C94H82/c1-9-91(10-2)83-51-67(59-22-18-17-19-23-59)32-40-75(83)77-42-34-69(53-85(77)91)71-36-44-79-81-46-38-73(57-89(81)93(13-5,14-6)87(79)55-71)74-39-47-82-80-45-37-72(56-88(80)94(15-7,16-8)90(82)58-74)70-35-43-78-76-41-33-68(52-84(76)92(11-3,12-4)86(78)54-70)66-31-30-64-49-63(28-29-65(64)50-66)62-27-26-60-24-20-21-25-61(60)48-62/h17-58H,9-16H2,1-8H3. The van der Waals surface area contributed by atoms with Crippen LogP contribution in [0.25, 0.3) is 133 Å². The average Bonchev–Trinajstić information content (AvgIpc) is 1.57. The van der Waals surface area contributed by atoms with Crippen molar-refractivity contribution < 1.29 is 0 Å². The Balaban J connectivity index is 0.663. The molecule has 0 heterocycles. The topological polar surface area (TPSA) is 0 Å². The predicted octanol–water partition coefficient (Wildman–Crippen LogP) is 26.3. The highest BCUT2D eigenvalue weighted by atomic mass is 14.5. The molecule has 0 N–H and O–H groups in total. The summed E-state index contributed by atoms with van der Waals surface area (Å²) in [6, 6.07) is 99.4. The number of hydrogen-bond donors (Lipinski definition) is 0. The molecular weight excluding hydrogens is 1130 g/mol. The van der Waals surface area contributed by atoms with Gasteiger partial charge < -0.3 is 0 Å². The summed E-state index contributed by atoms with van der Waals surface area (Å²) in [7, 11) is 0. The van der Waals surface area contributed by atoms with E-state index < -0.39 is 0 Å². The molecule has 0 fully saturated rings. The molecular formula is C94H82. The number of rotatable bonds is 14. The number of fused-ring (bicyclic) bond motifs is 14. The van der Waals surface area contributed by atoms with Gasteiger partial charge in [0.25, 0.3) is 0 Å². The highest BCUT2D eigenvalue weighted by Gasteiger charge is 2.46. The number of hydrogen-bond acceptors (Lipinski definition) is 0. The quantitative estimate of drug-likeness (QED) is 0.102. The molecule has 0 heteroatoms. The van der Waals surface area contributed by atoms with E-state index in [-0.39, 0.29) is 21.7 Å². The lowest BCUT2D eigenvalue weighted by Crippen LogP contribution is -2.23. The summed E-state index contributed by atoms with van der Waals surface area (Å²) < 4.78 is 0. The third kappa shape index (κ3) is 8.30. The molecule has 0 aliphatic heterocycles. The fourth-order valence-corrected chi connectivity index (χ4v) is 19.1. The van der Waals surface area contributed by atoms with E-state index >= 15 is 0 Å². The molecule has 13 aromatic carbocycles. The van der Waals surface area contributed by atoms with Gasteiger partial charge in [-0.05, 0) is 295 Å². The van der Waals surface area contributed by atoms with Crippen molar-refractivity contribution >= 4 is 21.5 Å². The maximum atomic E-state index is 2.59. The zero-order chi connectivity index (χ0) is 63.8.